The van der Waals surface area contributed by atoms with E-state index in [9.17, 15) is 0 Å². The van der Waals surface area contributed by atoms with Crippen LogP contribution in [0.2, 0.25) is 0 Å². The molecule has 0 bridgehead atoms. The third-order valence-corrected chi connectivity index (χ3v) is 2.16. The first-order chi connectivity index (χ1) is 5.74. The quantitative estimate of drug-likeness (QED) is 0.767. The van der Waals surface area contributed by atoms with Gasteiger partial charge >= 0.3 is 0 Å². The van der Waals surface area contributed by atoms with Crippen LogP contribution < -0.4 is 5.73 Å². The molecule has 0 heterocycles. The molecule has 1 atom stereocenters. The van der Waals surface area contributed by atoms with Gasteiger partial charge in [0.2, 0.25) is 0 Å². The number of rotatable bonds is 2. The maximum absolute atomic E-state index is 5.80. The molecule has 1 nitrogen and oxygen atoms in total. The first kappa shape index (κ1) is 9.31. The Morgan fingerprint density at radius 1 is 1.42 bits per heavy atom. The minimum absolute atomic E-state index is 0.0388. The van der Waals surface area contributed by atoms with Crippen LogP contribution in [0, 0.1) is 12.3 Å². The SMILES string of the molecule is C#CCC(N)c1ccc(Br)cc1. The van der Waals surface area contributed by atoms with Crippen molar-refractivity contribution < 1.29 is 0 Å². The minimum Gasteiger partial charge on any atom is -0.323 e. The fourth-order valence-electron chi connectivity index (χ4n) is 0.955. The smallest absolute Gasteiger partial charge is 0.0405 e. The van der Waals surface area contributed by atoms with E-state index in [1.807, 2.05) is 24.3 Å². The number of halogens is 1. The molecule has 1 rings (SSSR count). The van der Waals surface area contributed by atoms with Gasteiger partial charge in [-0.25, -0.2) is 0 Å². The molecule has 2 heteroatoms. The maximum atomic E-state index is 5.80. The Morgan fingerprint density at radius 3 is 2.50 bits per heavy atom. The van der Waals surface area contributed by atoms with Gasteiger partial charge in [-0.05, 0) is 17.7 Å². The minimum atomic E-state index is -0.0388. The van der Waals surface area contributed by atoms with Gasteiger partial charge in [0.1, 0.15) is 0 Å². The molecule has 1 unspecified atom stereocenters. The molecule has 0 aliphatic carbocycles. The summed E-state index contributed by atoms with van der Waals surface area (Å²) in [6.07, 6.45) is 5.74. The van der Waals surface area contributed by atoms with Crippen LogP contribution >= 0.6 is 15.9 Å². The van der Waals surface area contributed by atoms with Crippen LogP contribution in [-0.2, 0) is 0 Å². The lowest BCUT2D eigenvalue weighted by atomic mass is 10.1. The number of nitrogens with two attached hydrogens (primary N) is 1. The number of benzene rings is 1. The Morgan fingerprint density at radius 2 is 2.00 bits per heavy atom. The highest BCUT2D eigenvalue weighted by atomic mass is 79.9. The molecule has 1 aromatic carbocycles. The van der Waals surface area contributed by atoms with Gasteiger partial charge in [-0.15, -0.1) is 12.3 Å². The van der Waals surface area contributed by atoms with Crippen LogP contribution in [0.5, 0.6) is 0 Å². The van der Waals surface area contributed by atoms with Gasteiger partial charge < -0.3 is 5.73 Å². The summed E-state index contributed by atoms with van der Waals surface area (Å²) in [6, 6.07) is 7.85. The second-order valence-corrected chi connectivity index (χ2v) is 3.48. The van der Waals surface area contributed by atoms with Crippen LogP contribution in [0.25, 0.3) is 0 Å². The monoisotopic (exact) mass is 223 g/mol. The van der Waals surface area contributed by atoms with Crippen molar-refractivity contribution in [2.75, 3.05) is 0 Å². The first-order valence-corrected chi connectivity index (χ1v) is 4.48. The lowest BCUT2D eigenvalue weighted by Gasteiger charge is -2.07. The molecule has 0 saturated heterocycles. The van der Waals surface area contributed by atoms with E-state index in [0.717, 1.165) is 10.0 Å². The number of hydrogen-bond donors (Lipinski definition) is 1. The van der Waals surface area contributed by atoms with E-state index in [4.69, 9.17) is 12.2 Å². The molecular formula is C10H10BrN. The van der Waals surface area contributed by atoms with E-state index < -0.39 is 0 Å². The third kappa shape index (κ3) is 2.37. The molecule has 0 saturated carbocycles. The molecular weight excluding hydrogens is 214 g/mol. The average molecular weight is 224 g/mol. The van der Waals surface area contributed by atoms with Gasteiger partial charge in [-0.3, -0.25) is 0 Å². The summed E-state index contributed by atoms with van der Waals surface area (Å²) in [6.45, 7) is 0. The second kappa shape index (κ2) is 4.30. The molecule has 62 valence electrons. The van der Waals surface area contributed by atoms with Crippen molar-refractivity contribution in [1.29, 1.82) is 0 Å². The standard InChI is InChI=1S/C10H10BrN/c1-2-3-10(12)8-4-6-9(11)7-5-8/h1,4-7,10H,3,12H2. The van der Waals surface area contributed by atoms with E-state index >= 15 is 0 Å². The third-order valence-electron chi connectivity index (χ3n) is 1.64. The second-order valence-electron chi connectivity index (χ2n) is 2.57. The summed E-state index contributed by atoms with van der Waals surface area (Å²) in [5, 5.41) is 0. The molecule has 0 radical (unpaired) electrons. The lowest BCUT2D eigenvalue weighted by Crippen LogP contribution is -2.08. The van der Waals surface area contributed by atoms with Gasteiger partial charge in [0.25, 0.3) is 0 Å². The zero-order valence-electron chi connectivity index (χ0n) is 6.63. The summed E-state index contributed by atoms with van der Waals surface area (Å²) in [4.78, 5) is 0. The van der Waals surface area contributed by atoms with E-state index in [0.29, 0.717) is 6.42 Å². The normalized spacial score (nSPS) is 12.1. The first-order valence-electron chi connectivity index (χ1n) is 3.68. The Kier molecular flexibility index (Phi) is 3.33. The van der Waals surface area contributed by atoms with Crippen molar-refractivity contribution in [1.82, 2.24) is 0 Å². The topological polar surface area (TPSA) is 26.0 Å². The Balaban J connectivity index is 2.76. The summed E-state index contributed by atoms with van der Waals surface area (Å²) < 4.78 is 1.05. The summed E-state index contributed by atoms with van der Waals surface area (Å²) in [5.41, 5.74) is 6.88. The predicted molar refractivity (Wildman–Crippen MR) is 54.5 cm³/mol. The fourth-order valence-corrected chi connectivity index (χ4v) is 1.22. The van der Waals surface area contributed by atoms with Crippen molar-refractivity contribution in [3.05, 3.63) is 34.3 Å². The van der Waals surface area contributed by atoms with Crippen molar-refractivity contribution in [3.63, 3.8) is 0 Å². The molecule has 0 aliphatic heterocycles. The molecule has 1 aromatic rings. The lowest BCUT2D eigenvalue weighted by molar-refractivity contribution is 0.754. The molecule has 0 aromatic heterocycles. The van der Waals surface area contributed by atoms with Crippen molar-refractivity contribution >= 4 is 15.9 Å². The van der Waals surface area contributed by atoms with Gasteiger partial charge in [-0.1, -0.05) is 28.1 Å². The van der Waals surface area contributed by atoms with Crippen LogP contribution in [0.4, 0.5) is 0 Å². The highest BCUT2D eigenvalue weighted by molar-refractivity contribution is 9.10. The van der Waals surface area contributed by atoms with Gasteiger partial charge in [0.15, 0.2) is 0 Å². The van der Waals surface area contributed by atoms with Crippen molar-refractivity contribution in [3.8, 4) is 12.3 Å². The molecule has 0 aliphatic rings. The molecule has 0 fully saturated rings. The molecule has 0 amide bonds. The van der Waals surface area contributed by atoms with Gasteiger partial charge in [-0.2, -0.15) is 0 Å². The predicted octanol–water partition coefficient (Wildman–Crippen LogP) is 2.47. The van der Waals surface area contributed by atoms with Crippen molar-refractivity contribution in [2.45, 2.75) is 12.5 Å². The molecule has 2 N–H and O–H groups in total. The van der Waals surface area contributed by atoms with E-state index in [1.54, 1.807) is 0 Å². The van der Waals surface area contributed by atoms with Gasteiger partial charge in [0, 0.05) is 16.9 Å². The van der Waals surface area contributed by atoms with Crippen LogP contribution in [0.15, 0.2) is 28.7 Å². The molecule has 12 heavy (non-hydrogen) atoms. The Bertz CT molecular complexity index is 284. The maximum Gasteiger partial charge on any atom is 0.0405 e. The fraction of sp³-hybridized carbons (Fsp3) is 0.200. The zero-order chi connectivity index (χ0) is 8.97. The highest BCUT2D eigenvalue weighted by Gasteiger charge is 2.02. The molecule has 0 spiro atoms. The van der Waals surface area contributed by atoms with Crippen molar-refractivity contribution in [2.24, 2.45) is 5.73 Å². The van der Waals surface area contributed by atoms with E-state index in [1.165, 1.54) is 0 Å². The van der Waals surface area contributed by atoms with Crippen LogP contribution in [-0.4, -0.2) is 0 Å². The summed E-state index contributed by atoms with van der Waals surface area (Å²) in [5.74, 6) is 2.54. The number of hydrogen-bond acceptors (Lipinski definition) is 1. The Hall–Kier alpha value is -0.780. The van der Waals surface area contributed by atoms with E-state index in [-0.39, 0.29) is 6.04 Å². The average Bonchev–Trinajstić information content (AvgIpc) is 2.06. The summed E-state index contributed by atoms with van der Waals surface area (Å²) >= 11 is 3.35. The van der Waals surface area contributed by atoms with Gasteiger partial charge in [0.05, 0.1) is 0 Å². The largest absolute Gasteiger partial charge is 0.323 e. The number of terminal acetylenes is 1. The Labute approximate surface area is 81.1 Å². The van der Waals surface area contributed by atoms with Crippen LogP contribution in [0.1, 0.15) is 18.0 Å². The highest BCUT2D eigenvalue weighted by Crippen LogP contribution is 2.16. The summed E-state index contributed by atoms with van der Waals surface area (Å²) in [7, 11) is 0. The zero-order valence-corrected chi connectivity index (χ0v) is 8.21. The van der Waals surface area contributed by atoms with E-state index in [2.05, 4.69) is 21.9 Å². The van der Waals surface area contributed by atoms with Crippen LogP contribution in [0.3, 0.4) is 0 Å².